The third-order valence-electron chi connectivity index (χ3n) is 6.93. The summed E-state index contributed by atoms with van der Waals surface area (Å²) in [4.78, 5) is 25.7. The average Bonchev–Trinajstić information content (AvgIpc) is 3.50. The Balaban J connectivity index is 1.13. The number of rotatable bonds is 6. The first-order valence-corrected chi connectivity index (χ1v) is 13.8. The van der Waals surface area contributed by atoms with E-state index in [1.165, 1.54) is 29.7 Å². The molecule has 37 heavy (non-hydrogen) atoms. The Kier molecular flexibility index (Phi) is 6.28. The number of piperidine rings is 1. The molecule has 1 aromatic carbocycles. The molecular formula is C28H32N4O4S. The lowest BCUT2D eigenvalue weighted by atomic mass is 10.0. The van der Waals surface area contributed by atoms with Crippen molar-refractivity contribution in [3.63, 3.8) is 0 Å². The van der Waals surface area contributed by atoms with E-state index >= 15 is 0 Å². The SMILES string of the molecule is CC(C)(C)OC(=O)N1CCC(N(Cc2coc3cc(Oc4nc5ncccc5s4)ccc23)C2CC2)CC1. The zero-order valence-electron chi connectivity index (χ0n) is 21.5. The van der Waals surface area contributed by atoms with Gasteiger partial charge in [-0.1, -0.05) is 11.3 Å². The second-order valence-corrected chi connectivity index (χ2v) is 11.9. The first kappa shape index (κ1) is 24.2. The van der Waals surface area contributed by atoms with E-state index in [9.17, 15) is 4.79 Å². The number of thiazole rings is 1. The normalized spacial score (nSPS) is 17.1. The van der Waals surface area contributed by atoms with Crippen molar-refractivity contribution in [3.05, 3.63) is 48.4 Å². The summed E-state index contributed by atoms with van der Waals surface area (Å²) < 4.78 is 18.6. The molecule has 6 rings (SSSR count). The van der Waals surface area contributed by atoms with Gasteiger partial charge in [-0.3, -0.25) is 4.90 Å². The molecule has 9 heteroatoms. The maximum Gasteiger partial charge on any atom is 0.410 e. The van der Waals surface area contributed by atoms with Gasteiger partial charge in [0.2, 0.25) is 0 Å². The number of hydrogen-bond donors (Lipinski definition) is 0. The minimum absolute atomic E-state index is 0.204. The minimum atomic E-state index is -0.465. The van der Waals surface area contributed by atoms with Crippen molar-refractivity contribution in [2.75, 3.05) is 13.1 Å². The number of nitrogens with zero attached hydrogens (tertiary/aromatic N) is 4. The van der Waals surface area contributed by atoms with Crippen LogP contribution in [0, 0.1) is 0 Å². The molecule has 1 aliphatic heterocycles. The maximum atomic E-state index is 12.5. The Morgan fingerprint density at radius 1 is 1.16 bits per heavy atom. The van der Waals surface area contributed by atoms with Crippen LogP contribution in [0.4, 0.5) is 4.79 Å². The molecule has 0 unspecified atom stereocenters. The van der Waals surface area contributed by atoms with Gasteiger partial charge in [0.1, 0.15) is 16.9 Å². The highest BCUT2D eigenvalue weighted by molar-refractivity contribution is 7.20. The molecule has 0 atom stereocenters. The topological polar surface area (TPSA) is 80.9 Å². The molecule has 2 aliphatic rings. The van der Waals surface area contributed by atoms with Gasteiger partial charge >= 0.3 is 6.09 Å². The van der Waals surface area contributed by atoms with E-state index < -0.39 is 5.60 Å². The van der Waals surface area contributed by atoms with E-state index in [2.05, 4.69) is 20.9 Å². The fraction of sp³-hybridized carbons (Fsp3) is 0.464. The fourth-order valence-corrected chi connectivity index (χ4v) is 5.80. The largest absolute Gasteiger partial charge is 0.464 e. The van der Waals surface area contributed by atoms with Crippen LogP contribution in [0.3, 0.4) is 0 Å². The number of carbonyl (C=O) groups is 1. The molecule has 0 radical (unpaired) electrons. The standard InChI is InChI=1S/C28H32N4O4S/c1-28(2,3)36-27(33)31-13-10-20(11-14-31)32(19-6-7-19)16-18-17-34-23-15-21(8-9-22(18)23)35-26-30-25-24(37-26)5-4-12-29-25/h4-5,8-9,12,15,17,19-20H,6-7,10-11,13-14,16H2,1-3H3. The Labute approximate surface area is 220 Å². The summed E-state index contributed by atoms with van der Waals surface area (Å²) in [7, 11) is 0. The molecule has 194 valence electrons. The van der Waals surface area contributed by atoms with E-state index in [-0.39, 0.29) is 6.09 Å². The van der Waals surface area contributed by atoms with Crippen molar-refractivity contribution in [2.45, 2.75) is 70.7 Å². The van der Waals surface area contributed by atoms with Gasteiger partial charge in [0.05, 0.1) is 11.0 Å². The van der Waals surface area contributed by atoms with Gasteiger partial charge in [0.15, 0.2) is 5.65 Å². The van der Waals surface area contributed by atoms with Gasteiger partial charge in [-0.05, 0) is 70.7 Å². The van der Waals surface area contributed by atoms with Gasteiger partial charge in [-0.25, -0.2) is 9.78 Å². The summed E-state index contributed by atoms with van der Waals surface area (Å²) >= 11 is 1.48. The maximum absolute atomic E-state index is 12.5. The van der Waals surface area contributed by atoms with Gasteiger partial charge in [0, 0.05) is 54.9 Å². The van der Waals surface area contributed by atoms with Crippen molar-refractivity contribution in [3.8, 4) is 10.9 Å². The quantitative estimate of drug-likeness (QED) is 0.283. The van der Waals surface area contributed by atoms with Crippen LogP contribution in [-0.2, 0) is 11.3 Å². The van der Waals surface area contributed by atoms with Crippen LogP contribution in [-0.4, -0.2) is 56.6 Å². The zero-order valence-corrected chi connectivity index (χ0v) is 22.3. The van der Waals surface area contributed by atoms with Crippen molar-refractivity contribution in [1.29, 1.82) is 0 Å². The van der Waals surface area contributed by atoms with Crippen molar-refractivity contribution in [1.82, 2.24) is 19.8 Å². The minimum Gasteiger partial charge on any atom is -0.464 e. The summed E-state index contributed by atoms with van der Waals surface area (Å²) in [5.74, 6) is 0.695. The average molecular weight is 521 g/mol. The molecule has 1 aliphatic carbocycles. The highest BCUT2D eigenvalue weighted by atomic mass is 32.1. The number of ether oxygens (including phenoxy) is 2. The van der Waals surface area contributed by atoms with Crippen molar-refractivity contribution < 1.29 is 18.7 Å². The van der Waals surface area contributed by atoms with E-state index in [4.69, 9.17) is 13.9 Å². The molecule has 0 spiro atoms. The number of fused-ring (bicyclic) bond motifs is 2. The number of carbonyl (C=O) groups excluding carboxylic acids is 1. The molecule has 1 amide bonds. The molecule has 3 aromatic heterocycles. The van der Waals surface area contributed by atoms with Gasteiger partial charge < -0.3 is 18.8 Å². The van der Waals surface area contributed by atoms with E-state index in [1.54, 1.807) is 6.20 Å². The lowest BCUT2D eigenvalue weighted by molar-refractivity contribution is 0.0131. The lowest BCUT2D eigenvalue weighted by Gasteiger charge is -2.39. The summed E-state index contributed by atoms with van der Waals surface area (Å²) in [6.45, 7) is 8.05. The molecule has 0 bridgehead atoms. The summed E-state index contributed by atoms with van der Waals surface area (Å²) in [5.41, 5.74) is 2.22. The number of furan rings is 1. The van der Waals surface area contributed by atoms with Crippen LogP contribution in [0.2, 0.25) is 0 Å². The molecule has 1 saturated carbocycles. The molecule has 1 saturated heterocycles. The third kappa shape index (κ3) is 5.43. The van der Waals surface area contributed by atoms with E-state index in [0.717, 1.165) is 48.1 Å². The van der Waals surface area contributed by atoms with E-state index in [1.807, 2.05) is 56.2 Å². The number of amides is 1. The van der Waals surface area contributed by atoms with Crippen LogP contribution in [0.15, 0.2) is 47.2 Å². The number of likely N-dealkylation sites (tertiary alicyclic amines) is 1. The monoisotopic (exact) mass is 520 g/mol. The lowest BCUT2D eigenvalue weighted by Crippen LogP contribution is -2.48. The highest BCUT2D eigenvalue weighted by Gasteiger charge is 2.37. The Morgan fingerprint density at radius 2 is 1.95 bits per heavy atom. The molecule has 2 fully saturated rings. The zero-order chi connectivity index (χ0) is 25.6. The second-order valence-electron chi connectivity index (χ2n) is 10.9. The third-order valence-corrected chi connectivity index (χ3v) is 7.82. The van der Waals surface area contributed by atoms with Crippen LogP contribution in [0.5, 0.6) is 10.9 Å². The van der Waals surface area contributed by atoms with Crippen molar-refractivity contribution >= 4 is 38.7 Å². The summed E-state index contributed by atoms with van der Waals surface area (Å²) in [6.07, 6.45) is 7.79. The summed E-state index contributed by atoms with van der Waals surface area (Å²) in [6, 6.07) is 10.9. The smallest absolute Gasteiger partial charge is 0.410 e. The van der Waals surface area contributed by atoms with Crippen LogP contribution < -0.4 is 4.74 Å². The first-order chi connectivity index (χ1) is 17.8. The predicted molar refractivity (Wildman–Crippen MR) is 143 cm³/mol. The highest BCUT2D eigenvalue weighted by Crippen LogP contribution is 2.37. The Morgan fingerprint density at radius 3 is 2.68 bits per heavy atom. The number of pyridine rings is 1. The number of benzene rings is 1. The Bertz CT molecular complexity index is 1380. The summed E-state index contributed by atoms with van der Waals surface area (Å²) in [5, 5.41) is 1.67. The second kappa shape index (κ2) is 9.61. The molecule has 4 heterocycles. The van der Waals surface area contributed by atoms with Gasteiger partial charge in [-0.2, -0.15) is 4.98 Å². The molecular weight excluding hydrogens is 488 g/mol. The van der Waals surface area contributed by atoms with Gasteiger partial charge in [-0.15, -0.1) is 0 Å². The predicted octanol–water partition coefficient (Wildman–Crippen LogP) is 6.59. The molecule has 8 nitrogen and oxygen atoms in total. The van der Waals surface area contributed by atoms with Crippen LogP contribution in [0.1, 0.15) is 52.0 Å². The van der Waals surface area contributed by atoms with Gasteiger partial charge in [0.25, 0.3) is 5.19 Å². The number of aromatic nitrogens is 2. The number of hydrogen-bond acceptors (Lipinski definition) is 8. The fourth-order valence-electron chi connectivity index (χ4n) is 5.01. The van der Waals surface area contributed by atoms with Crippen LogP contribution in [0.25, 0.3) is 21.3 Å². The molecule has 4 aromatic rings. The van der Waals surface area contributed by atoms with Crippen molar-refractivity contribution in [2.24, 2.45) is 0 Å². The first-order valence-electron chi connectivity index (χ1n) is 13.0. The molecule has 0 N–H and O–H groups in total. The van der Waals surface area contributed by atoms with Crippen LogP contribution >= 0.6 is 11.3 Å². The Hall–Kier alpha value is -3.17. The van der Waals surface area contributed by atoms with E-state index in [0.29, 0.717) is 28.7 Å².